The van der Waals surface area contributed by atoms with E-state index in [1.54, 1.807) is 6.92 Å². The van der Waals surface area contributed by atoms with Crippen LogP contribution in [0.2, 0.25) is 0 Å². The fourth-order valence-electron chi connectivity index (χ4n) is 2.04. The Kier molecular flexibility index (Phi) is 7.75. The Balaban J connectivity index is 0.00000256. The van der Waals surface area contributed by atoms with Crippen molar-refractivity contribution in [3.8, 4) is 0 Å². The lowest BCUT2D eigenvalue weighted by molar-refractivity contribution is -0.126. The third kappa shape index (κ3) is 5.70. The maximum atomic E-state index is 11.8. The fraction of sp³-hybridized carbons (Fsp3) is 0.917. The van der Waals surface area contributed by atoms with Crippen LogP contribution >= 0.6 is 12.4 Å². The van der Waals surface area contributed by atoms with Crippen molar-refractivity contribution in [3.63, 3.8) is 0 Å². The highest BCUT2D eigenvalue weighted by Crippen LogP contribution is 2.13. The van der Waals surface area contributed by atoms with Crippen molar-refractivity contribution in [2.75, 3.05) is 19.8 Å². The summed E-state index contributed by atoms with van der Waals surface area (Å²) in [6.45, 7) is 6.14. The van der Waals surface area contributed by atoms with Gasteiger partial charge >= 0.3 is 0 Å². The van der Waals surface area contributed by atoms with E-state index < -0.39 is 5.54 Å². The standard InChI is InChI=1S/C12H24N2O2.ClH/c1-3-6-12(2,13)11(15)14-8-10-5-4-7-16-9-10;/h10H,3-9,13H2,1-2H3,(H,14,15);1H. The van der Waals surface area contributed by atoms with Crippen LogP contribution in [0.4, 0.5) is 0 Å². The molecule has 4 nitrogen and oxygen atoms in total. The normalized spacial score (nSPS) is 23.4. The second-order valence-corrected chi connectivity index (χ2v) is 4.96. The number of rotatable bonds is 5. The van der Waals surface area contributed by atoms with Gasteiger partial charge in [0.25, 0.3) is 0 Å². The number of amides is 1. The zero-order chi connectivity index (χ0) is 12.0. The molecule has 1 aliphatic heterocycles. The van der Waals surface area contributed by atoms with Crippen molar-refractivity contribution in [2.24, 2.45) is 11.7 Å². The van der Waals surface area contributed by atoms with Gasteiger partial charge in [0.05, 0.1) is 12.1 Å². The van der Waals surface area contributed by atoms with Gasteiger partial charge in [-0.05, 0) is 32.1 Å². The van der Waals surface area contributed by atoms with Crippen LogP contribution in [-0.2, 0) is 9.53 Å². The smallest absolute Gasteiger partial charge is 0.239 e. The molecule has 0 saturated carbocycles. The number of nitrogens with one attached hydrogen (secondary N) is 1. The zero-order valence-corrected chi connectivity index (χ0v) is 11.6. The van der Waals surface area contributed by atoms with E-state index >= 15 is 0 Å². The molecule has 0 spiro atoms. The number of carbonyl (C=O) groups excluding carboxylic acids is 1. The van der Waals surface area contributed by atoms with Crippen molar-refractivity contribution >= 4 is 18.3 Å². The molecule has 2 atom stereocenters. The van der Waals surface area contributed by atoms with E-state index in [-0.39, 0.29) is 18.3 Å². The summed E-state index contributed by atoms with van der Waals surface area (Å²) in [5.74, 6) is 0.412. The summed E-state index contributed by atoms with van der Waals surface area (Å²) in [4.78, 5) is 11.8. The van der Waals surface area contributed by atoms with Gasteiger partial charge in [0.15, 0.2) is 0 Å². The Morgan fingerprint density at radius 1 is 1.59 bits per heavy atom. The minimum Gasteiger partial charge on any atom is -0.381 e. The number of nitrogens with two attached hydrogens (primary N) is 1. The van der Waals surface area contributed by atoms with Crippen molar-refractivity contribution in [1.29, 1.82) is 0 Å². The highest BCUT2D eigenvalue weighted by Gasteiger charge is 2.27. The van der Waals surface area contributed by atoms with Crippen LogP contribution in [0.25, 0.3) is 0 Å². The first-order chi connectivity index (χ1) is 7.56. The molecule has 0 aromatic rings. The lowest BCUT2D eigenvalue weighted by Crippen LogP contribution is -2.52. The highest BCUT2D eigenvalue weighted by molar-refractivity contribution is 5.85. The molecule has 5 heteroatoms. The van der Waals surface area contributed by atoms with Crippen LogP contribution in [0.3, 0.4) is 0 Å². The Labute approximate surface area is 110 Å². The predicted molar refractivity (Wildman–Crippen MR) is 71.3 cm³/mol. The van der Waals surface area contributed by atoms with Gasteiger partial charge in [-0.1, -0.05) is 13.3 Å². The molecule has 102 valence electrons. The number of carbonyl (C=O) groups is 1. The largest absolute Gasteiger partial charge is 0.381 e. The molecule has 1 saturated heterocycles. The van der Waals surface area contributed by atoms with E-state index in [1.165, 1.54) is 0 Å². The van der Waals surface area contributed by atoms with E-state index in [0.29, 0.717) is 12.5 Å². The van der Waals surface area contributed by atoms with Crippen molar-refractivity contribution in [3.05, 3.63) is 0 Å². The summed E-state index contributed by atoms with van der Waals surface area (Å²) in [5.41, 5.74) is 5.21. The van der Waals surface area contributed by atoms with Crippen LogP contribution in [0.1, 0.15) is 39.5 Å². The molecule has 0 aliphatic carbocycles. The monoisotopic (exact) mass is 264 g/mol. The maximum absolute atomic E-state index is 11.8. The number of hydrogen-bond acceptors (Lipinski definition) is 3. The second kappa shape index (κ2) is 7.90. The molecule has 1 amide bonds. The van der Waals surface area contributed by atoms with Gasteiger partial charge in [-0.15, -0.1) is 12.4 Å². The first-order valence-corrected chi connectivity index (χ1v) is 6.21. The molecule has 1 aliphatic rings. The predicted octanol–water partition coefficient (Wildman–Crippen LogP) is 1.47. The van der Waals surface area contributed by atoms with E-state index in [4.69, 9.17) is 10.5 Å². The first-order valence-electron chi connectivity index (χ1n) is 6.21. The Bertz CT molecular complexity index is 229. The third-order valence-corrected chi connectivity index (χ3v) is 3.09. The molecular formula is C12H25ClN2O2. The molecule has 2 unspecified atom stereocenters. The lowest BCUT2D eigenvalue weighted by Gasteiger charge is -2.26. The van der Waals surface area contributed by atoms with Crippen molar-refractivity contribution in [1.82, 2.24) is 5.32 Å². The van der Waals surface area contributed by atoms with Crippen LogP contribution in [0.5, 0.6) is 0 Å². The van der Waals surface area contributed by atoms with E-state index in [0.717, 1.165) is 38.9 Å². The van der Waals surface area contributed by atoms with Gasteiger partial charge in [0.1, 0.15) is 0 Å². The summed E-state index contributed by atoms with van der Waals surface area (Å²) in [5, 5.41) is 2.93. The molecule has 1 fully saturated rings. The first kappa shape index (κ1) is 16.7. The Morgan fingerprint density at radius 2 is 2.29 bits per heavy atom. The van der Waals surface area contributed by atoms with E-state index in [2.05, 4.69) is 5.32 Å². The maximum Gasteiger partial charge on any atom is 0.239 e. The van der Waals surface area contributed by atoms with Gasteiger partial charge in [-0.25, -0.2) is 0 Å². The molecule has 0 aromatic heterocycles. The molecule has 3 N–H and O–H groups in total. The summed E-state index contributed by atoms with van der Waals surface area (Å²) in [6, 6.07) is 0. The lowest BCUT2D eigenvalue weighted by atomic mass is 9.95. The summed E-state index contributed by atoms with van der Waals surface area (Å²) in [6.07, 6.45) is 3.87. The fourth-order valence-corrected chi connectivity index (χ4v) is 2.04. The summed E-state index contributed by atoms with van der Waals surface area (Å²) < 4.78 is 5.36. The topological polar surface area (TPSA) is 64.4 Å². The molecular weight excluding hydrogens is 240 g/mol. The van der Waals surface area contributed by atoms with Gasteiger partial charge < -0.3 is 15.8 Å². The minimum atomic E-state index is -0.732. The quantitative estimate of drug-likeness (QED) is 0.790. The number of ether oxygens (including phenoxy) is 1. The average Bonchev–Trinajstić information content (AvgIpc) is 2.27. The van der Waals surface area contributed by atoms with E-state index in [9.17, 15) is 4.79 Å². The molecule has 0 radical (unpaired) electrons. The van der Waals surface area contributed by atoms with Crippen molar-refractivity contribution < 1.29 is 9.53 Å². The number of hydrogen-bond donors (Lipinski definition) is 2. The SMILES string of the molecule is CCCC(C)(N)C(=O)NCC1CCCOC1.Cl. The van der Waals surface area contributed by atoms with Crippen LogP contribution in [0.15, 0.2) is 0 Å². The number of halogens is 1. The van der Waals surface area contributed by atoms with Gasteiger partial charge in [0, 0.05) is 13.2 Å². The molecule has 1 rings (SSSR count). The molecule has 0 bridgehead atoms. The van der Waals surface area contributed by atoms with Gasteiger partial charge in [-0.2, -0.15) is 0 Å². The molecule has 0 aromatic carbocycles. The third-order valence-electron chi connectivity index (χ3n) is 3.09. The van der Waals surface area contributed by atoms with Crippen LogP contribution in [0, 0.1) is 5.92 Å². The zero-order valence-electron chi connectivity index (χ0n) is 10.8. The van der Waals surface area contributed by atoms with Gasteiger partial charge in [0.2, 0.25) is 5.91 Å². The Hall–Kier alpha value is -0.320. The van der Waals surface area contributed by atoms with Gasteiger partial charge in [-0.3, -0.25) is 4.79 Å². The summed E-state index contributed by atoms with van der Waals surface area (Å²) in [7, 11) is 0. The summed E-state index contributed by atoms with van der Waals surface area (Å²) >= 11 is 0. The van der Waals surface area contributed by atoms with Crippen molar-refractivity contribution in [2.45, 2.75) is 45.1 Å². The highest BCUT2D eigenvalue weighted by atomic mass is 35.5. The minimum absolute atomic E-state index is 0. The van der Waals surface area contributed by atoms with Crippen LogP contribution in [-0.4, -0.2) is 31.2 Å². The Morgan fingerprint density at radius 3 is 2.82 bits per heavy atom. The van der Waals surface area contributed by atoms with E-state index in [1.807, 2.05) is 6.92 Å². The second-order valence-electron chi connectivity index (χ2n) is 4.96. The van der Waals surface area contributed by atoms with Crippen LogP contribution < -0.4 is 11.1 Å². The average molecular weight is 265 g/mol. The molecule has 17 heavy (non-hydrogen) atoms. The molecule has 1 heterocycles.